The monoisotopic (exact) mass is 865 g/mol. The van der Waals surface area contributed by atoms with Gasteiger partial charge >= 0.3 is 0 Å². The van der Waals surface area contributed by atoms with Crippen LogP contribution in [0, 0.1) is 0 Å². The first kappa shape index (κ1) is 42.9. The highest BCUT2D eigenvalue weighted by atomic mass is 16.3. The Morgan fingerprint density at radius 1 is 0.500 bits per heavy atom. The lowest BCUT2D eigenvalue weighted by Gasteiger charge is -2.25. The van der Waals surface area contributed by atoms with Gasteiger partial charge in [-0.15, -0.1) is 0 Å². The predicted molar refractivity (Wildman–Crippen MR) is 277 cm³/mol. The summed E-state index contributed by atoms with van der Waals surface area (Å²) < 4.78 is 8.56. The molecule has 330 valence electrons. The van der Waals surface area contributed by atoms with Crippen molar-refractivity contribution in [2.45, 2.75) is 98.3 Å². The highest BCUT2D eigenvalue weighted by molar-refractivity contribution is 6.09. The van der Waals surface area contributed by atoms with Gasteiger partial charge in [0.15, 0.2) is 0 Å². The molecule has 0 bridgehead atoms. The van der Waals surface area contributed by atoms with Crippen LogP contribution in [0.4, 0.5) is 0 Å². The van der Waals surface area contributed by atoms with Gasteiger partial charge < -0.3 is 9.52 Å². The lowest BCUT2D eigenvalue weighted by atomic mass is 9.81. The fourth-order valence-corrected chi connectivity index (χ4v) is 9.55. The van der Waals surface area contributed by atoms with Gasteiger partial charge in [-0.1, -0.05) is 149 Å². The highest BCUT2D eigenvalue weighted by Gasteiger charge is 2.27. The second kappa shape index (κ2) is 15.6. The Morgan fingerprint density at radius 2 is 1.18 bits per heavy atom. The van der Waals surface area contributed by atoms with Crippen LogP contribution in [-0.2, 0) is 16.2 Å². The zero-order valence-electron chi connectivity index (χ0n) is 40.1. The van der Waals surface area contributed by atoms with E-state index in [4.69, 9.17) is 14.4 Å². The summed E-state index contributed by atoms with van der Waals surface area (Å²) in [6.07, 6.45) is 1.97. The van der Waals surface area contributed by atoms with Gasteiger partial charge in [-0.05, 0) is 116 Å². The van der Waals surface area contributed by atoms with Gasteiger partial charge in [0.2, 0.25) is 0 Å². The number of para-hydroxylation sites is 2. The van der Waals surface area contributed by atoms with Crippen molar-refractivity contribution in [1.29, 1.82) is 0 Å². The van der Waals surface area contributed by atoms with E-state index in [0.29, 0.717) is 17.1 Å². The number of phenols is 1. The number of pyridine rings is 1. The average molecular weight is 866 g/mol. The van der Waals surface area contributed by atoms with E-state index in [1.54, 1.807) is 6.07 Å². The van der Waals surface area contributed by atoms with Crippen LogP contribution in [0.25, 0.3) is 94.3 Å². The van der Waals surface area contributed by atoms with Gasteiger partial charge in [-0.3, -0.25) is 9.55 Å². The maximum Gasteiger partial charge on any atom is 0.145 e. The number of fused-ring (bicyclic) bond motifs is 5. The first-order valence-electron chi connectivity index (χ1n) is 23.3. The standard InChI is InChI=1S/C61H59N3O2/c1-36(2)43-26-27-62-56-47(32-42(33-50(43)56)61(9,10)11)38-28-39(30-41(29-38)60(6,7)8)58-63-57-45(48-34-49-44-20-15-16-23-54(44)66-55(49)35-53(48)65)21-17-22-52(57)64(58)51-25-24-40(59(3,4)5)31-46(51)37-18-13-12-14-19-37/h12-36,65H,1-11H3. The molecule has 0 atom stereocenters. The molecule has 0 aliphatic rings. The minimum atomic E-state index is -0.196. The van der Waals surface area contributed by atoms with Crippen molar-refractivity contribution >= 4 is 43.9 Å². The number of nitrogens with zero attached hydrogens (tertiary/aromatic N) is 3. The first-order valence-corrected chi connectivity index (χ1v) is 23.3. The Bertz CT molecular complexity index is 3510. The van der Waals surface area contributed by atoms with Crippen LogP contribution in [0.15, 0.2) is 150 Å². The van der Waals surface area contributed by atoms with Gasteiger partial charge in [0.25, 0.3) is 0 Å². The zero-order valence-corrected chi connectivity index (χ0v) is 40.1. The normalized spacial score (nSPS) is 12.7. The molecule has 66 heavy (non-hydrogen) atoms. The summed E-state index contributed by atoms with van der Waals surface area (Å²) in [5.41, 5.74) is 16.8. The molecule has 3 aromatic heterocycles. The van der Waals surface area contributed by atoms with Gasteiger partial charge in [-0.25, -0.2) is 4.98 Å². The molecule has 0 spiro atoms. The van der Waals surface area contributed by atoms with Crippen LogP contribution >= 0.6 is 0 Å². The SMILES string of the molecule is CC(C)c1ccnc2c(-c3cc(-c4nc5c(-c6cc7c(cc6O)oc6ccccc67)cccc5n4-c4ccc(C(C)(C)C)cc4-c4ccccc4)cc(C(C)(C)C)c3)cc(C(C)(C)C)cc12. The number of phenolic OH excluding ortho intramolecular Hbond substituents is 1. The molecule has 0 saturated heterocycles. The maximum absolute atomic E-state index is 11.9. The summed E-state index contributed by atoms with van der Waals surface area (Å²) in [4.78, 5) is 10.9. The van der Waals surface area contributed by atoms with Crippen LogP contribution in [0.5, 0.6) is 5.75 Å². The highest BCUT2D eigenvalue weighted by Crippen LogP contribution is 2.45. The molecule has 0 saturated carbocycles. The van der Waals surface area contributed by atoms with E-state index in [9.17, 15) is 5.11 Å². The topological polar surface area (TPSA) is 64.1 Å². The van der Waals surface area contributed by atoms with Crippen LogP contribution < -0.4 is 0 Å². The van der Waals surface area contributed by atoms with Crippen molar-refractivity contribution in [2.24, 2.45) is 0 Å². The molecule has 5 nitrogen and oxygen atoms in total. The minimum absolute atomic E-state index is 0.0771. The van der Waals surface area contributed by atoms with Crippen LogP contribution in [0.1, 0.15) is 104 Å². The molecule has 0 unspecified atom stereocenters. The number of hydrogen-bond acceptors (Lipinski definition) is 4. The second-order valence-corrected chi connectivity index (χ2v) is 21.5. The fourth-order valence-electron chi connectivity index (χ4n) is 9.55. The Morgan fingerprint density at radius 3 is 1.91 bits per heavy atom. The maximum atomic E-state index is 11.9. The molecule has 0 aliphatic carbocycles. The Labute approximate surface area is 388 Å². The lowest BCUT2D eigenvalue weighted by molar-refractivity contribution is 0.477. The Balaban J connectivity index is 1.32. The molecule has 7 aromatic carbocycles. The van der Waals surface area contributed by atoms with E-state index in [0.717, 1.165) is 77.8 Å². The Kier molecular flexibility index (Phi) is 10.1. The Hall–Kier alpha value is -6.98. The molecule has 0 radical (unpaired) electrons. The number of aromatic hydroxyl groups is 1. The molecule has 5 heteroatoms. The van der Waals surface area contributed by atoms with Gasteiger partial charge in [-0.2, -0.15) is 0 Å². The molecular formula is C61H59N3O2. The fraction of sp³-hybridized carbons (Fsp3) is 0.246. The van der Waals surface area contributed by atoms with Crippen molar-refractivity contribution in [1.82, 2.24) is 14.5 Å². The number of aromatic nitrogens is 3. The molecule has 10 aromatic rings. The lowest BCUT2D eigenvalue weighted by Crippen LogP contribution is -2.13. The van der Waals surface area contributed by atoms with E-state index in [2.05, 4.69) is 196 Å². The summed E-state index contributed by atoms with van der Waals surface area (Å²) in [5, 5.41) is 15.0. The number of furan rings is 1. The number of benzene rings is 7. The van der Waals surface area contributed by atoms with E-state index < -0.39 is 0 Å². The zero-order chi connectivity index (χ0) is 46.4. The van der Waals surface area contributed by atoms with Crippen molar-refractivity contribution in [3.63, 3.8) is 0 Å². The molecule has 0 amide bonds. The number of imidazole rings is 1. The summed E-state index contributed by atoms with van der Waals surface area (Å²) in [6, 6.07) is 49.7. The van der Waals surface area contributed by atoms with Gasteiger partial charge in [0.05, 0.1) is 22.2 Å². The molecule has 3 heterocycles. The second-order valence-electron chi connectivity index (χ2n) is 21.5. The molecule has 1 N–H and O–H groups in total. The molecule has 0 fully saturated rings. The molecular weight excluding hydrogens is 807 g/mol. The first-order chi connectivity index (χ1) is 31.3. The third-order valence-corrected chi connectivity index (χ3v) is 13.4. The summed E-state index contributed by atoms with van der Waals surface area (Å²) >= 11 is 0. The van der Waals surface area contributed by atoms with Crippen LogP contribution in [0.3, 0.4) is 0 Å². The van der Waals surface area contributed by atoms with Crippen molar-refractivity contribution in [2.75, 3.05) is 0 Å². The van der Waals surface area contributed by atoms with Gasteiger partial charge in [0, 0.05) is 56.2 Å². The number of hydrogen-bond donors (Lipinski definition) is 1. The van der Waals surface area contributed by atoms with Crippen LogP contribution in [0.2, 0.25) is 0 Å². The van der Waals surface area contributed by atoms with Crippen molar-refractivity contribution in [3.8, 4) is 56.2 Å². The third-order valence-electron chi connectivity index (χ3n) is 13.4. The summed E-state index contributed by atoms with van der Waals surface area (Å²) in [7, 11) is 0. The van der Waals surface area contributed by atoms with E-state index >= 15 is 0 Å². The predicted octanol–water partition coefficient (Wildman–Crippen LogP) is 16.9. The third kappa shape index (κ3) is 7.45. The average Bonchev–Trinajstić information content (AvgIpc) is 3.85. The van der Waals surface area contributed by atoms with Crippen LogP contribution in [-0.4, -0.2) is 19.6 Å². The van der Waals surface area contributed by atoms with E-state index in [-0.39, 0.29) is 22.0 Å². The number of rotatable bonds is 6. The van der Waals surface area contributed by atoms with Crippen molar-refractivity contribution < 1.29 is 9.52 Å². The quantitative estimate of drug-likeness (QED) is 0.181. The van der Waals surface area contributed by atoms with Crippen molar-refractivity contribution in [3.05, 3.63) is 168 Å². The van der Waals surface area contributed by atoms with E-state index in [1.807, 2.05) is 24.4 Å². The minimum Gasteiger partial charge on any atom is -0.507 e. The smallest absolute Gasteiger partial charge is 0.145 e. The molecule has 10 rings (SSSR count). The van der Waals surface area contributed by atoms with E-state index in [1.165, 1.54) is 27.6 Å². The summed E-state index contributed by atoms with van der Waals surface area (Å²) in [5.74, 6) is 1.28. The summed E-state index contributed by atoms with van der Waals surface area (Å²) in [6.45, 7) is 25.1. The van der Waals surface area contributed by atoms with Gasteiger partial charge in [0.1, 0.15) is 22.7 Å². The molecule has 0 aliphatic heterocycles. The largest absolute Gasteiger partial charge is 0.507 e.